The molecule has 1 aromatic heterocycles. The minimum absolute atomic E-state index is 0.743. The van der Waals surface area contributed by atoms with E-state index in [4.69, 9.17) is 5.73 Å². The lowest BCUT2D eigenvalue weighted by Gasteiger charge is -2.30. The summed E-state index contributed by atoms with van der Waals surface area (Å²) < 4.78 is 0. The third-order valence-electron chi connectivity index (χ3n) is 4.86. The molecular weight excluding hydrogens is 258 g/mol. The van der Waals surface area contributed by atoms with Crippen molar-refractivity contribution >= 4 is 5.69 Å². The molecule has 2 rings (SSSR count). The van der Waals surface area contributed by atoms with Crippen LogP contribution in [0, 0.1) is 19.8 Å². The minimum Gasteiger partial charge on any atom is -0.398 e. The molecule has 0 bridgehead atoms. The van der Waals surface area contributed by atoms with Crippen molar-refractivity contribution in [1.82, 2.24) is 9.88 Å². The maximum Gasteiger partial charge on any atom is 0.0593 e. The van der Waals surface area contributed by atoms with Gasteiger partial charge in [-0.25, -0.2) is 0 Å². The maximum atomic E-state index is 6.18. The van der Waals surface area contributed by atoms with E-state index in [0.29, 0.717) is 0 Å². The number of anilines is 1. The van der Waals surface area contributed by atoms with Gasteiger partial charge in [-0.1, -0.05) is 26.7 Å². The van der Waals surface area contributed by atoms with Gasteiger partial charge in [0.05, 0.1) is 5.69 Å². The summed E-state index contributed by atoms with van der Waals surface area (Å²) >= 11 is 0. The summed E-state index contributed by atoms with van der Waals surface area (Å²) in [5.41, 5.74) is 10.5. The van der Waals surface area contributed by atoms with Crippen LogP contribution in [0.3, 0.4) is 0 Å². The summed E-state index contributed by atoms with van der Waals surface area (Å²) in [5, 5.41) is 0. The molecule has 3 nitrogen and oxygen atoms in total. The lowest BCUT2D eigenvalue weighted by atomic mass is 10.1. The summed E-state index contributed by atoms with van der Waals surface area (Å²) in [6, 6.07) is 0.743. The van der Waals surface area contributed by atoms with E-state index in [1.165, 1.54) is 44.2 Å². The van der Waals surface area contributed by atoms with Gasteiger partial charge in [0.2, 0.25) is 0 Å². The Morgan fingerprint density at radius 1 is 1.29 bits per heavy atom. The van der Waals surface area contributed by atoms with Gasteiger partial charge in [-0.2, -0.15) is 0 Å². The first-order chi connectivity index (χ1) is 9.99. The predicted octanol–water partition coefficient (Wildman–Crippen LogP) is 4.07. The zero-order valence-electron chi connectivity index (χ0n) is 14.2. The van der Waals surface area contributed by atoms with Gasteiger partial charge in [-0.3, -0.25) is 9.88 Å². The van der Waals surface area contributed by atoms with E-state index in [0.717, 1.165) is 35.4 Å². The number of aromatic nitrogens is 1. The molecule has 0 atom stereocenters. The molecule has 1 fully saturated rings. The third kappa shape index (κ3) is 4.19. The molecule has 1 heterocycles. The Balaban J connectivity index is 2.12. The van der Waals surface area contributed by atoms with Crippen molar-refractivity contribution in [3.8, 4) is 0 Å². The highest BCUT2D eigenvalue weighted by Crippen LogP contribution is 2.27. The molecule has 0 aliphatic heterocycles. The lowest BCUT2D eigenvalue weighted by molar-refractivity contribution is 0.177. The number of hydrogen-bond donors (Lipinski definition) is 1. The molecule has 2 N–H and O–H groups in total. The summed E-state index contributed by atoms with van der Waals surface area (Å²) in [5.74, 6) is 0.756. The Morgan fingerprint density at radius 2 is 1.95 bits per heavy atom. The Bertz CT molecular complexity index is 462. The van der Waals surface area contributed by atoms with Crippen molar-refractivity contribution in [2.24, 2.45) is 5.92 Å². The zero-order valence-corrected chi connectivity index (χ0v) is 14.2. The van der Waals surface area contributed by atoms with Gasteiger partial charge in [0.15, 0.2) is 0 Å². The highest BCUT2D eigenvalue weighted by Gasteiger charge is 2.23. The highest BCUT2D eigenvalue weighted by molar-refractivity contribution is 5.53. The minimum atomic E-state index is 0.743. The van der Waals surface area contributed by atoms with Gasteiger partial charge in [-0.15, -0.1) is 0 Å². The highest BCUT2D eigenvalue weighted by atomic mass is 15.2. The average molecular weight is 289 g/mol. The third-order valence-corrected chi connectivity index (χ3v) is 4.86. The van der Waals surface area contributed by atoms with E-state index in [1.807, 2.05) is 13.1 Å². The topological polar surface area (TPSA) is 42.2 Å². The van der Waals surface area contributed by atoms with Gasteiger partial charge in [0.1, 0.15) is 0 Å². The number of nitrogen functional groups attached to an aromatic ring is 1. The summed E-state index contributed by atoms with van der Waals surface area (Å²) in [7, 11) is 0. The summed E-state index contributed by atoms with van der Waals surface area (Å²) in [6.07, 6.45) is 8.64. The van der Waals surface area contributed by atoms with Gasteiger partial charge in [0, 0.05) is 24.5 Å². The number of hydrogen-bond acceptors (Lipinski definition) is 3. The first kappa shape index (κ1) is 16.3. The van der Waals surface area contributed by atoms with Gasteiger partial charge < -0.3 is 5.73 Å². The molecule has 1 aromatic rings. The van der Waals surface area contributed by atoms with Gasteiger partial charge >= 0.3 is 0 Å². The Hall–Kier alpha value is -1.09. The van der Waals surface area contributed by atoms with E-state index >= 15 is 0 Å². The van der Waals surface area contributed by atoms with Crippen LogP contribution in [0.15, 0.2) is 6.20 Å². The number of nitrogens with two attached hydrogens (primary N) is 1. The fourth-order valence-corrected chi connectivity index (χ4v) is 3.23. The molecule has 0 aromatic carbocycles. The largest absolute Gasteiger partial charge is 0.398 e. The second-order valence-electron chi connectivity index (χ2n) is 7.02. The number of nitrogens with zero attached hydrogens (tertiary/aromatic N) is 2. The van der Waals surface area contributed by atoms with Crippen LogP contribution in [-0.2, 0) is 6.54 Å². The van der Waals surface area contributed by atoms with E-state index in [2.05, 4.69) is 30.7 Å². The van der Waals surface area contributed by atoms with E-state index in [9.17, 15) is 0 Å². The standard InChI is InChI=1S/C18H31N3/c1-13(2)9-10-21(16-7-5-6-8-16)12-17-15(4)18(19)14(3)11-20-17/h11,13,16H,5-10,12H2,1-4H3,(H2,19,20). The van der Waals surface area contributed by atoms with Crippen molar-refractivity contribution in [3.05, 3.63) is 23.0 Å². The van der Waals surface area contributed by atoms with Crippen LogP contribution in [0.5, 0.6) is 0 Å². The second-order valence-corrected chi connectivity index (χ2v) is 7.02. The fourth-order valence-electron chi connectivity index (χ4n) is 3.23. The van der Waals surface area contributed by atoms with Gasteiger partial charge in [-0.05, 0) is 56.7 Å². The van der Waals surface area contributed by atoms with Crippen molar-refractivity contribution in [2.75, 3.05) is 12.3 Å². The monoisotopic (exact) mass is 289 g/mol. The molecule has 0 unspecified atom stereocenters. The first-order valence-electron chi connectivity index (χ1n) is 8.43. The van der Waals surface area contributed by atoms with E-state index in [1.54, 1.807) is 0 Å². The smallest absolute Gasteiger partial charge is 0.0593 e. The Kier molecular flexibility index (Phi) is 5.63. The molecule has 1 aliphatic carbocycles. The SMILES string of the molecule is Cc1cnc(CN(CCC(C)C)C2CCCC2)c(C)c1N. The molecular formula is C18H31N3. The maximum absolute atomic E-state index is 6.18. The molecule has 118 valence electrons. The van der Waals surface area contributed by atoms with Crippen molar-refractivity contribution in [2.45, 2.75) is 72.4 Å². The van der Waals surface area contributed by atoms with Crippen LogP contribution >= 0.6 is 0 Å². The van der Waals surface area contributed by atoms with Gasteiger partial charge in [0.25, 0.3) is 0 Å². The predicted molar refractivity (Wildman–Crippen MR) is 90.2 cm³/mol. The molecule has 21 heavy (non-hydrogen) atoms. The van der Waals surface area contributed by atoms with Crippen LogP contribution < -0.4 is 5.73 Å². The number of aryl methyl sites for hydroxylation is 1. The van der Waals surface area contributed by atoms with E-state index < -0.39 is 0 Å². The Morgan fingerprint density at radius 3 is 2.57 bits per heavy atom. The van der Waals surface area contributed by atoms with Crippen LogP contribution in [0.25, 0.3) is 0 Å². The lowest BCUT2D eigenvalue weighted by Crippen LogP contribution is -2.34. The van der Waals surface area contributed by atoms with Crippen molar-refractivity contribution in [1.29, 1.82) is 0 Å². The van der Waals surface area contributed by atoms with Crippen LogP contribution in [0.2, 0.25) is 0 Å². The molecule has 0 saturated heterocycles. The van der Waals surface area contributed by atoms with E-state index in [-0.39, 0.29) is 0 Å². The first-order valence-corrected chi connectivity index (χ1v) is 8.43. The quantitative estimate of drug-likeness (QED) is 0.858. The molecule has 1 saturated carbocycles. The second kappa shape index (κ2) is 7.26. The van der Waals surface area contributed by atoms with Crippen molar-refractivity contribution in [3.63, 3.8) is 0 Å². The summed E-state index contributed by atoms with van der Waals surface area (Å²) in [6.45, 7) is 10.9. The van der Waals surface area contributed by atoms with Crippen LogP contribution in [0.1, 0.15) is 62.8 Å². The zero-order chi connectivity index (χ0) is 15.4. The number of pyridine rings is 1. The number of rotatable bonds is 6. The van der Waals surface area contributed by atoms with Crippen LogP contribution in [-0.4, -0.2) is 22.5 Å². The molecule has 0 radical (unpaired) electrons. The molecule has 1 aliphatic rings. The molecule has 3 heteroatoms. The fraction of sp³-hybridized carbons (Fsp3) is 0.722. The van der Waals surface area contributed by atoms with Crippen LogP contribution in [0.4, 0.5) is 5.69 Å². The summed E-state index contributed by atoms with van der Waals surface area (Å²) in [4.78, 5) is 7.31. The normalized spacial score (nSPS) is 16.3. The molecule has 0 spiro atoms. The van der Waals surface area contributed by atoms with Crippen molar-refractivity contribution < 1.29 is 0 Å². The Labute approximate surface area is 129 Å². The molecule has 0 amide bonds. The average Bonchev–Trinajstić information content (AvgIpc) is 2.97.